The van der Waals surface area contributed by atoms with Gasteiger partial charge in [-0.1, -0.05) is 6.07 Å². The van der Waals surface area contributed by atoms with Gasteiger partial charge in [0.25, 0.3) is 0 Å². The molecule has 0 aromatic heterocycles. The maximum atomic E-state index is 13.0. The first kappa shape index (κ1) is 15.7. The number of amides is 1. The van der Waals surface area contributed by atoms with Crippen LogP contribution in [0.5, 0.6) is 0 Å². The normalized spacial score (nSPS) is 15.6. The van der Waals surface area contributed by atoms with Crippen molar-refractivity contribution in [3.05, 3.63) is 30.1 Å². The number of nitrogens with zero attached hydrogens (tertiary/aromatic N) is 2. The fourth-order valence-electron chi connectivity index (χ4n) is 2.24. The molecule has 2 rings (SSSR count). The predicted molar refractivity (Wildman–Crippen MR) is 84.7 cm³/mol. The summed E-state index contributed by atoms with van der Waals surface area (Å²) in [5, 5.41) is 6.39. The van der Waals surface area contributed by atoms with Gasteiger partial charge in [0.2, 0.25) is 5.91 Å². The molecule has 1 heterocycles. The Kier molecular flexibility index (Phi) is 5.46. The number of anilines is 1. The van der Waals surface area contributed by atoms with Gasteiger partial charge in [0.05, 0.1) is 6.54 Å². The molecule has 1 aromatic rings. The Hall–Kier alpha value is -1.73. The second kappa shape index (κ2) is 7.33. The largest absolute Gasteiger partial charge is 0.366 e. The van der Waals surface area contributed by atoms with E-state index >= 15 is 0 Å². The number of hydrogen-bond acceptors (Lipinski definition) is 3. The maximum absolute atomic E-state index is 13.0. The van der Waals surface area contributed by atoms with E-state index in [4.69, 9.17) is 12.2 Å². The summed E-state index contributed by atoms with van der Waals surface area (Å²) >= 11 is 5.18. The van der Waals surface area contributed by atoms with Crippen LogP contribution in [0.15, 0.2) is 24.3 Å². The Labute approximate surface area is 129 Å². The average molecular weight is 310 g/mol. The average Bonchev–Trinajstić information content (AvgIpc) is 2.47. The highest BCUT2D eigenvalue weighted by atomic mass is 32.1. The van der Waals surface area contributed by atoms with Gasteiger partial charge in [0, 0.05) is 38.9 Å². The van der Waals surface area contributed by atoms with E-state index in [0.29, 0.717) is 12.2 Å². The van der Waals surface area contributed by atoms with Crippen LogP contribution in [-0.4, -0.2) is 60.6 Å². The van der Waals surface area contributed by atoms with E-state index in [2.05, 4.69) is 20.4 Å². The number of benzene rings is 1. The molecule has 0 saturated carbocycles. The van der Waals surface area contributed by atoms with E-state index in [1.807, 2.05) is 0 Å². The van der Waals surface area contributed by atoms with Crippen LogP contribution in [0, 0.1) is 5.82 Å². The summed E-state index contributed by atoms with van der Waals surface area (Å²) in [6.07, 6.45) is 0. The third-order valence-corrected chi connectivity index (χ3v) is 3.81. The lowest BCUT2D eigenvalue weighted by Gasteiger charge is -2.35. The zero-order chi connectivity index (χ0) is 15.2. The molecular weight excluding hydrogens is 291 g/mol. The lowest BCUT2D eigenvalue weighted by molar-refractivity contribution is -0.117. The highest BCUT2D eigenvalue weighted by Gasteiger charge is 2.20. The Morgan fingerprint density at radius 3 is 2.67 bits per heavy atom. The number of carbonyl (C=O) groups is 1. The molecule has 114 valence electrons. The molecule has 0 aliphatic carbocycles. The summed E-state index contributed by atoms with van der Waals surface area (Å²) in [5.41, 5.74) is 0.481. The van der Waals surface area contributed by atoms with Crippen LogP contribution in [0.2, 0.25) is 0 Å². The highest BCUT2D eigenvalue weighted by Crippen LogP contribution is 2.09. The zero-order valence-electron chi connectivity index (χ0n) is 11.9. The monoisotopic (exact) mass is 310 g/mol. The first-order chi connectivity index (χ1) is 10.1. The van der Waals surface area contributed by atoms with E-state index < -0.39 is 0 Å². The number of thiocarbonyl (C=S) groups is 1. The van der Waals surface area contributed by atoms with Gasteiger partial charge in [-0.05, 0) is 30.4 Å². The van der Waals surface area contributed by atoms with Crippen LogP contribution in [0.25, 0.3) is 0 Å². The molecule has 5 nitrogen and oxygen atoms in total. The second-order valence-electron chi connectivity index (χ2n) is 4.88. The SMILES string of the molecule is CNC(=S)N1CCN(CC(=O)Nc2cccc(F)c2)CC1. The summed E-state index contributed by atoms with van der Waals surface area (Å²) in [6, 6.07) is 5.90. The van der Waals surface area contributed by atoms with Crippen LogP contribution in [0.1, 0.15) is 0 Å². The molecule has 0 bridgehead atoms. The van der Waals surface area contributed by atoms with Crippen molar-refractivity contribution in [1.82, 2.24) is 15.1 Å². The molecule has 0 radical (unpaired) electrons. The Morgan fingerprint density at radius 2 is 2.05 bits per heavy atom. The van der Waals surface area contributed by atoms with Gasteiger partial charge in [0.15, 0.2) is 5.11 Å². The van der Waals surface area contributed by atoms with Crippen molar-refractivity contribution in [2.24, 2.45) is 0 Å². The number of hydrogen-bond donors (Lipinski definition) is 2. The van der Waals surface area contributed by atoms with E-state index in [1.54, 1.807) is 19.2 Å². The van der Waals surface area contributed by atoms with Crippen LogP contribution < -0.4 is 10.6 Å². The molecule has 21 heavy (non-hydrogen) atoms. The number of carbonyl (C=O) groups excluding carboxylic acids is 1. The van der Waals surface area contributed by atoms with Gasteiger partial charge >= 0.3 is 0 Å². The number of rotatable bonds is 3. The Bertz CT molecular complexity index is 517. The van der Waals surface area contributed by atoms with E-state index in [0.717, 1.165) is 31.3 Å². The molecule has 1 saturated heterocycles. The van der Waals surface area contributed by atoms with Gasteiger partial charge in [-0.15, -0.1) is 0 Å². The molecule has 0 atom stereocenters. The summed E-state index contributed by atoms with van der Waals surface area (Å²) < 4.78 is 13.0. The standard InChI is InChI=1S/C14H19FN4OS/c1-16-14(21)19-7-5-18(6-8-19)10-13(20)17-12-4-2-3-11(15)9-12/h2-4,9H,5-8,10H2,1H3,(H,16,21)(H,17,20). The van der Waals surface area contributed by atoms with Crippen LogP contribution in [-0.2, 0) is 4.79 Å². The fourth-order valence-corrected chi connectivity index (χ4v) is 2.42. The van der Waals surface area contributed by atoms with Crippen molar-refractivity contribution < 1.29 is 9.18 Å². The lowest BCUT2D eigenvalue weighted by Crippen LogP contribution is -2.52. The topological polar surface area (TPSA) is 47.6 Å². The fraction of sp³-hybridized carbons (Fsp3) is 0.429. The first-order valence-electron chi connectivity index (χ1n) is 6.83. The van der Waals surface area contributed by atoms with Crippen molar-refractivity contribution in [1.29, 1.82) is 0 Å². The molecule has 1 fully saturated rings. The molecule has 1 amide bonds. The van der Waals surface area contributed by atoms with E-state index in [9.17, 15) is 9.18 Å². The minimum atomic E-state index is -0.359. The zero-order valence-corrected chi connectivity index (χ0v) is 12.8. The van der Waals surface area contributed by atoms with Crippen LogP contribution in [0.4, 0.5) is 10.1 Å². The lowest BCUT2D eigenvalue weighted by atomic mass is 10.3. The third kappa shape index (κ3) is 4.64. The summed E-state index contributed by atoms with van der Waals surface area (Å²) in [4.78, 5) is 16.1. The third-order valence-electron chi connectivity index (χ3n) is 3.35. The summed E-state index contributed by atoms with van der Waals surface area (Å²) in [5.74, 6) is -0.493. The van der Waals surface area contributed by atoms with Crippen molar-refractivity contribution in [3.8, 4) is 0 Å². The molecule has 1 aromatic carbocycles. The summed E-state index contributed by atoms with van der Waals surface area (Å²) in [6.45, 7) is 3.45. The highest BCUT2D eigenvalue weighted by molar-refractivity contribution is 7.80. The van der Waals surface area contributed by atoms with Crippen LogP contribution in [0.3, 0.4) is 0 Å². The molecule has 7 heteroatoms. The van der Waals surface area contributed by atoms with E-state index in [1.165, 1.54) is 12.1 Å². The smallest absolute Gasteiger partial charge is 0.238 e. The minimum Gasteiger partial charge on any atom is -0.366 e. The predicted octanol–water partition coefficient (Wildman–Crippen LogP) is 0.886. The second-order valence-corrected chi connectivity index (χ2v) is 5.26. The van der Waals surface area contributed by atoms with Crippen molar-refractivity contribution in [3.63, 3.8) is 0 Å². The molecule has 1 aliphatic heterocycles. The van der Waals surface area contributed by atoms with Gasteiger partial charge in [-0.3, -0.25) is 9.69 Å². The number of piperazine rings is 1. The summed E-state index contributed by atoms with van der Waals surface area (Å²) in [7, 11) is 1.81. The van der Waals surface area contributed by atoms with Gasteiger partial charge < -0.3 is 15.5 Å². The molecule has 1 aliphatic rings. The van der Waals surface area contributed by atoms with E-state index in [-0.39, 0.29) is 11.7 Å². The van der Waals surface area contributed by atoms with Crippen molar-refractivity contribution in [2.75, 3.05) is 45.1 Å². The first-order valence-corrected chi connectivity index (χ1v) is 7.24. The Morgan fingerprint density at radius 1 is 1.33 bits per heavy atom. The van der Waals surface area contributed by atoms with Crippen LogP contribution >= 0.6 is 12.2 Å². The number of halogens is 1. The van der Waals surface area contributed by atoms with Gasteiger partial charge in [-0.2, -0.15) is 0 Å². The van der Waals surface area contributed by atoms with Crippen molar-refractivity contribution >= 4 is 28.9 Å². The molecule has 2 N–H and O–H groups in total. The Balaban J connectivity index is 1.78. The number of nitrogens with one attached hydrogen (secondary N) is 2. The minimum absolute atomic E-state index is 0.134. The quantitative estimate of drug-likeness (QED) is 0.812. The maximum Gasteiger partial charge on any atom is 0.238 e. The van der Waals surface area contributed by atoms with Gasteiger partial charge in [-0.25, -0.2) is 4.39 Å². The molecular formula is C14H19FN4OS. The van der Waals surface area contributed by atoms with Crippen molar-refractivity contribution in [2.45, 2.75) is 0 Å². The van der Waals surface area contributed by atoms with Gasteiger partial charge in [0.1, 0.15) is 5.82 Å². The molecule has 0 unspecified atom stereocenters. The molecule has 0 spiro atoms.